The minimum Gasteiger partial charge on any atom is -0.376 e. The summed E-state index contributed by atoms with van der Waals surface area (Å²) in [6.07, 6.45) is 0.171. The largest absolute Gasteiger partial charge is 0.376 e. The van der Waals surface area contributed by atoms with Gasteiger partial charge in [-0.1, -0.05) is 12.1 Å². The van der Waals surface area contributed by atoms with Crippen LogP contribution in [0.5, 0.6) is 0 Å². The molecular weight excluding hydrogens is 286 g/mol. The third kappa shape index (κ3) is 5.05. The van der Waals surface area contributed by atoms with Crippen LogP contribution in [0.15, 0.2) is 29.2 Å². The van der Waals surface area contributed by atoms with Crippen LogP contribution in [-0.2, 0) is 9.53 Å². The molecule has 1 heterocycles. The molecule has 0 saturated carbocycles. The highest BCUT2D eigenvalue weighted by molar-refractivity contribution is 7.99. The Morgan fingerprint density at radius 1 is 1.57 bits per heavy atom. The highest BCUT2D eigenvalue weighted by atomic mass is 32.2. The molecule has 0 aliphatic carbocycles. The van der Waals surface area contributed by atoms with Crippen LogP contribution in [-0.4, -0.2) is 48.9 Å². The topological polar surface area (TPSA) is 65.4 Å². The number of rotatable bonds is 5. The fourth-order valence-corrected chi connectivity index (χ4v) is 2.90. The number of carbonyl (C=O) groups is 1. The molecule has 0 radical (unpaired) electrons. The fourth-order valence-electron chi connectivity index (χ4n) is 2.23. The van der Waals surface area contributed by atoms with Gasteiger partial charge in [0.05, 0.1) is 36.8 Å². The first-order chi connectivity index (χ1) is 10.2. The van der Waals surface area contributed by atoms with E-state index in [9.17, 15) is 4.79 Å². The van der Waals surface area contributed by atoms with Crippen molar-refractivity contribution in [2.75, 3.05) is 37.3 Å². The summed E-state index contributed by atoms with van der Waals surface area (Å²) in [6.45, 7) is 4.60. The molecular formula is C15H19N3O2S. The van der Waals surface area contributed by atoms with Crippen LogP contribution in [0.4, 0.5) is 5.69 Å². The summed E-state index contributed by atoms with van der Waals surface area (Å²) < 4.78 is 5.46. The van der Waals surface area contributed by atoms with Crippen LogP contribution >= 0.6 is 11.8 Å². The van der Waals surface area contributed by atoms with Crippen LogP contribution < -0.4 is 5.32 Å². The quantitative estimate of drug-likeness (QED) is 0.843. The molecule has 21 heavy (non-hydrogen) atoms. The van der Waals surface area contributed by atoms with Crippen molar-refractivity contribution in [3.8, 4) is 6.07 Å². The molecule has 1 amide bonds. The molecule has 1 aromatic rings. The van der Waals surface area contributed by atoms with Crippen molar-refractivity contribution in [3.63, 3.8) is 0 Å². The summed E-state index contributed by atoms with van der Waals surface area (Å²) in [4.78, 5) is 15.2. The van der Waals surface area contributed by atoms with Crippen molar-refractivity contribution >= 4 is 23.4 Å². The van der Waals surface area contributed by atoms with Crippen molar-refractivity contribution in [2.45, 2.75) is 17.9 Å². The Hall–Kier alpha value is -1.55. The standard InChI is InChI=1S/C15H19N3O2S/c1-12-10-18(7-8-20-12)11-15(19)17-13-4-2-3-5-14(13)21-9-6-16/h2-5,12H,7-11H2,1H3,(H,17,19). The van der Waals surface area contributed by atoms with E-state index in [0.29, 0.717) is 18.9 Å². The van der Waals surface area contributed by atoms with E-state index in [4.69, 9.17) is 10.00 Å². The lowest BCUT2D eigenvalue weighted by Gasteiger charge is -2.30. The van der Waals surface area contributed by atoms with Gasteiger partial charge >= 0.3 is 0 Å². The second-order valence-electron chi connectivity index (χ2n) is 4.91. The molecule has 0 aromatic heterocycles. The maximum atomic E-state index is 12.1. The number of hydrogen-bond acceptors (Lipinski definition) is 5. The molecule has 1 fully saturated rings. The van der Waals surface area contributed by atoms with Gasteiger partial charge in [0.25, 0.3) is 0 Å². The smallest absolute Gasteiger partial charge is 0.238 e. The Bertz CT molecular complexity index is 530. The van der Waals surface area contributed by atoms with E-state index in [0.717, 1.165) is 23.7 Å². The molecule has 0 spiro atoms. The maximum absolute atomic E-state index is 12.1. The number of amides is 1. The predicted octanol–water partition coefficient (Wildman–Crippen LogP) is 1.96. The predicted molar refractivity (Wildman–Crippen MR) is 83.3 cm³/mol. The van der Waals surface area contributed by atoms with Gasteiger partial charge in [0, 0.05) is 18.0 Å². The third-order valence-electron chi connectivity index (χ3n) is 3.15. The summed E-state index contributed by atoms with van der Waals surface area (Å²) in [5, 5.41) is 11.6. The van der Waals surface area contributed by atoms with E-state index < -0.39 is 0 Å². The minimum atomic E-state index is -0.0332. The van der Waals surface area contributed by atoms with Crippen molar-refractivity contribution in [1.29, 1.82) is 5.26 Å². The van der Waals surface area contributed by atoms with Crippen LogP contribution in [0.3, 0.4) is 0 Å². The normalized spacial score (nSPS) is 19.0. The molecule has 1 aliphatic heterocycles. The van der Waals surface area contributed by atoms with Gasteiger partial charge in [0.2, 0.25) is 5.91 Å². The number of nitrogens with zero attached hydrogens (tertiary/aromatic N) is 2. The summed E-state index contributed by atoms with van der Waals surface area (Å²) in [5.41, 5.74) is 0.768. The molecule has 1 aromatic carbocycles. The van der Waals surface area contributed by atoms with Crippen LogP contribution in [0, 0.1) is 11.3 Å². The second kappa shape index (κ2) is 8.03. The Labute approximate surface area is 129 Å². The Morgan fingerprint density at radius 3 is 3.14 bits per heavy atom. The molecule has 1 atom stereocenters. The number of nitrogens with one attached hydrogen (secondary N) is 1. The van der Waals surface area contributed by atoms with E-state index in [1.807, 2.05) is 31.2 Å². The van der Waals surface area contributed by atoms with Crippen LogP contribution in [0.2, 0.25) is 0 Å². The first-order valence-electron chi connectivity index (χ1n) is 6.91. The number of carbonyl (C=O) groups excluding carboxylic acids is 1. The lowest BCUT2D eigenvalue weighted by molar-refractivity contribution is -0.119. The van der Waals surface area contributed by atoms with Gasteiger partial charge < -0.3 is 10.1 Å². The lowest BCUT2D eigenvalue weighted by Crippen LogP contribution is -2.44. The summed E-state index contributed by atoms with van der Waals surface area (Å²) >= 11 is 1.43. The average Bonchev–Trinajstić information content (AvgIpc) is 2.46. The lowest BCUT2D eigenvalue weighted by atomic mass is 10.3. The van der Waals surface area contributed by atoms with E-state index >= 15 is 0 Å². The molecule has 6 heteroatoms. The number of thioether (sulfide) groups is 1. The van der Waals surface area contributed by atoms with Gasteiger partial charge in [-0.05, 0) is 19.1 Å². The van der Waals surface area contributed by atoms with E-state index in [-0.39, 0.29) is 12.0 Å². The zero-order chi connectivity index (χ0) is 15.1. The van der Waals surface area contributed by atoms with Crippen LogP contribution in [0.1, 0.15) is 6.92 Å². The highest BCUT2D eigenvalue weighted by Crippen LogP contribution is 2.26. The molecule has 5 nitrogen and oxygen atoms in total. The molecule has 1 aliphatic rings. The SMILES string of the molecule is CC1CN(CC(=O)Nc2ccccc2SCC#N)CCO1. The third-order valence-corrected chi connectivity index (χ3v) is 4.09. The second-order valence-corrected chi connectivity index (χ2v) is 5.92. The van der Waals surface area contributed by atoms with Crippen LogP contribution in [0.25, 0.3) is 0 Å². The highest BCUT2D eigenvalue weighted by Gasteiger charge is 2.19. The first kappa shape index (κ1) is 15.8. The summed E-state index contributed by atoms with van der Waals surface area (Å²) in [6, 6.07) is 9.65. The van der Waals surface area contributed by atoms with E-state index in [2.05, 4.69) is 16.3 Å². The van der Waals surface area contributed by atoms with E-state index in [1.165, 1.54) is 11.8 Å². The number of benzene rings is 1. The molecule has 1 N–H and O–H groups in total. The number of anilines is 1. The summed E-state index contributed by atoms with van der Waals surface area (Å²) in [7, 11) is 0. The van der Waals surface area contributed by atoms with Gasteiger partial charge in [-0.3, -0.25) is 9.69 Å². The monoisotopic (exact) mass is 305 g/mol. The zero-order valence-corrected chi connectivity index (χ0v) is 12.9. The fraction of sp³-hybridized carbons (Fsp3) is 0.467. The minimum absolute atomic E-state index is 0.0332. The van der Waals surface area contributed by atoms with Crippen molar-refractivity contribution < 1.29 is 9.53 Å². The van der Waals surface area contributed by atoms with Gasteiger partial charge in [0.15, 0.2) is 0 Å². The van der Waals surface area contributed by atoms with Crippen molar-refractivity contribution in [3.05, 3.63) is 24.3 Å². The Kier molecular flexibility index (Phi) is 6.05. The van der Waals surface area contributed by atoms with Crippen molar-refractivity contribution in [1.82, 2.24) is 4.90 Å². The Morgan fingerprint density at radius 2 is 2.38 bits per heavy atom. The van der Waals surface area contributed by atoms with Gasteiger partial charge in [-0.15, -0.1) is 11.8 Å². The Balaban J connectivity index is 1.91. The molecule has 1 unspecified atom stereocenters. The molecule has 2 rings (SSSR count). The van der Waals surface area contributed by atoms with Crippen molar-refractivity contribution in [2.24, 2.45) is 0 Å². The molecule has 0 bridgehead atoms. The molecule has 1 saturated heterocycles. The number of nitriles is 1. The van der Waals surface area contributed by atoms with Gasteiger partial charge in [-0.2, -0.15) is 5.26 Å². The number of morpholine rings is 1. The number of para-hydroxylation sites is 1. The number of hydrogen-bond donors (Lipinski definition) is 1. The first-order valence-corrected chi connectivity index (χ1v) is 7.90. The average molecular weight is 305 g/mol. The maximum Gasteiger partial charge on any atom is 0.238 e. The zero-order valence-electron chi connectivity index (χ0n) is 12.0. The van der Waals surface area contributed by atoms with Gasteiger partial charge in [-0.25, -0.2) is 0 Å². The van der Waals surface area contributed by atoms with Gasteiger partial charge in [0.1, 0.15) is 0 Å². The molecule has 112 valence electrons. The summed E-state index contributed by atoms with van der Waals surface area (Å²) in [5.74, 6) is 0.336. The van der Waals surface area contributed by atoms with E-state index in [1.54, 1.807) is 0 Å². The number of ether oxygens (including phenoxy) is 1.